The molecule has 0 spiro atoms. The van der Waals surface area contributed by atoms with Gasteiger partial charge < -0.3 is 0 Å². The molecule has 0 radical (unpaired) electrons. The van der Waals surface area contributed by atoms with Crippen LogP contribution >= 0.6 is 11.6 Å². The predicted octanol–water partition coefficient (Wildman–Crippen LogP) is 2.68. The second-order valence-corrected chi connectivity index (χ2v) is 2.67. The Bertz CT molecular complexity index is 338. The van der Waals surface area contributed by atoms with E-state index in [9.17, 15) is 18.0 Å². The van der Waals surface area contributed by atoms with Gasteiger partial charge in [0.2, 0.25) is 11.4 Å². The molecule has 0 aliphatic carbocycles. The minimum Gasteiger partial charge on any atom is -0.289 e. The van der Waals surface area contributed by atoms with E-state index in [0.717, 1.165) is 12.1 Å². The van der Waals surface area contributed by atoms with Crippen LogP contribution in [0.2, 0.25) is 0 Å². The van der Waals surface area contributed by atoms with Gasteiger partial charge >= 0.3 is 0 Å². The third-order valence-corrected chi connectivity index (χ3v) is 1.59. The molecule has 0 aliphatic rings. The fraction of sp³-hybridized carbons (Fsp3) is 0.125. The molecule has 0 fully saturated rings. The number of Topliss-reactive ketones (excluding diaryl/α,β-unsaturated/α-hetero) is 1. The fourth-order valence-corrected chi connectivity index (χ4v) is 0.924. The normalized spacial score (nSPS) is 12.6. The lowest BCUT2D eigenvalue weighted by molar-refractivity contribution is 0.0930. The number of halogens is 4. The Labute approximate surface area is 77.1 Å². The molecule has 0 aromatic heterocycles. The Morgan fingerprint density at radius 1 is 1.38 bits per heavy atom. The van der Waals surface area contributed by atoms with Gasteiger partial charge in [-0.15, -0.1) is 0 Å². The average Bonchev–Trinajstić information content (AvgIpc) is 2.03. The van der Waals surface area contributed by atoms with Crippen molar-refractivity contribution in [2.75, 3.05) is 0 Å². The van der Waals surface area contributed by atoms with Crippen LogP contribution in [0.5, 0.6) is 0 Å². The summed E-state index contributed by atoms with van der Waals surface area (Å²) in [5.74, 6) is -3.16. The molecular formula is C8H4ClF3O. The summed E-state index contributed by atoms with van der Waals surface area (Å²) >= 11 is 4.80. The van der Waals surface area contributed by atoms with Crippen LogP contribution in [0.1, 0.15) is 10.4 Å². The van der Waals surface area contributed by atoms with E-state index >= 15 is 0 Å². The maximum atomic E-state index is 12.8. The lowest BCUT2D eigenvalue weighted by Crippen LogP contribution is -2.11. The monoisotopic (exact) mass is 208 g/mol. The van der Waals surface area contributed by atoms with E-state index in [2.05, 4.69) is 0 Å². The van der Waals surface area contributed by atoms with E-state index in [1.54, 1.807) is 0 Å². The smallest absolute Gasteiger partial charge is 0.235 e. The van der Waals surface area contributed by atoms with Crippen molar-refractivity contribution >= 4 is 17.4 Å². The number of benzene rings is 1. The molecule has 13 heavy (non-hydrogen) atoms. The Morgan fingerprint density at radius 3 is 2.46 bits per heavy atom. The van der Waals surface area contributed by atoms with Crippen LogP contribution in [-0.2, 0) is 0 Å². The molecule has 5 heteroatoms. The van der Waals surface area contributed by atoms with E-state index in [-0.39, 0.29) is 0 Å². The van der Waals surface area contributed by atoms with E-state index in [0.29, 0.717) is 6.07 Å². The maximum Gasteiger partial charge on any atom is 0.235 e. The molecule has 0 amide bonds. The first-order valence-electron chi connectivity index (χ1n) is 3.30. The highest BCUT2D eigenvalue weighted by Crippen LogP contribution is 2.14. The summed E-state index contributed by atoms with van der Waals surface area (Å²) < 4.78 is 37.3. The summed E-state index contributed by atoms with van der Waals surface area (Å²) in [5, 5.41) is 0. The number of hydrogen-bond acceptors (Lipinski definition) is 1. The van der Waals surface area contributed by atoms with Crippen LogP contribution < -0.4 is 0 Å². The molecule has 0 bridgehead atoms. The molecule has 70 valence electrons. The summed E-state index contributed by atoms with van der Waals surface area (Å²) in [4.78, 5) is 10.8. The topological polar surface area (TPSA) is 17.1 Å². The van der Waals surface area contributed by atoms with Gasteiger partial charge in [-0.2, -0.15) is 0 Å². The summed E-state index contributed by atoms with van der Waals surface area (Å²) in [6, 6.07) is 2.20. The van der Waals surface area contributed by atoms with Gasteiger partial charge in [-0.25, -0.2) is 13.2 Å². The molecule has 0 aliphatic heterocycles. The molecule has 1 atom stereocenters. The summed E-state index contributed by atoms with van der Waals surface area (Å²) in [7, 11) is 0. The van der Waals surface area contributed by atoms with Crippen molar-refractivity contribution in [2.45, 2.75) is 5.63 Å². The van der Waals surface area contributed by atoms with Crippen LogP contribution in [0.15, 0.2) is 18.2 Å². The van der Waals surface area contributed by atoms with Crippen molar-refractivity contribution in [3.63, 3.8) is 0 Å². The summed E-state index contributed by atoms with van der Waals surface area (Å²) in [5.41, 5.74) is -2.86. The first-order valence-corrected chi connectivity index (χ1v) is 3.73. The van der Waals surface area contributed by atoms with E-state index in [1.165, 1.54) is 0 Å². The van der Waals surface area contributed by atoms with Gasteiger partial charge in [0.1, 0.15) is 11.6 Å². The van der Waals surface area contributed by atoms with Gasteiger partial charge in [0.25, 0.3) is 0 Å². The second kappa shape index (κ2) is 3.79. The van der Waals surface area contributed by atoms with E-state index < -0.39 is 28.6 Å². The van der Waals surface area contributed by atoms with Gasteiger partial charge in [-0.3, -0.25) is 4.79 Å². The molecular weight excluding hydrogens is 205 g/mol. The highest BCUT2D eigenvalue weighted by Gasteiger charge is 2.19. The van der Waals surface area contributed by atoms with E-state index in [1.807, 2.05) is 0 Å². The van der Waals surface area contributed by atoms with Crippen molar-refractivity contribution in [3.05, 3.63) is 35.4 Å². The third kappa shape index (κ3) is 2.21. The Balaban J connectivity index is 3.09. The standard InChI is InChI=1S/C8H4ClF3O/c9-8(12)7(13)5-2-1-4(10)3-6(5)11/h1-3,8H/t8-/m0/s1. The zero-order valence-electron chi connectivity index (χ0n) is 6.23. The first kappa shape index (κ1) is 10.1. The molecule has 0 N–H and O–H groups in total. The van der Waals surface area contributed by atoms with Crippen LogP contribution in [-0.4, -0.2) is 11.4 Å². The van der Waals surface area contributed by atoms with Gasteiger partial charge in [-0.05, 0) is 12.1 Å². The van der Waals surface area contributed by atoms with Crippen LogP contribution in [0.25, 0.3) is 0 Å². The SMILES string of the molecule is O=C(c1ccc(F)cc1F)[C@H](F)Cl. The van der Waals surface area contributed by atoms with Gasteiger partial charge in [0, 0.05) is 6.07 Å². The molecule has 0 heterocycles. The van der Waals surface area contributed by atoms with Crippen LogP contribution in [0, 0.1) is 11.6 Å². The Hall–Kier alpha value is -1.03. The minimum atomic E-state index is -2.31. The third-order valence-electron chi connectivity index (χ3n) is 1.39. The average molecular weight is 209 g/mol. The number of carbonyl (C=O) groups excluding carboxylic acids is 1. The minimum absolute atomic E-state index is 0.493. The second-order valence-electron chi connectivity index (χ2n) is 2.29. The van der Waals surface area contributed by atoms with E-state index in [4.69, 9.17) is 11.6 Å². The van der Waals surface area contributed by atoms with Gasteiger partial charge in [0.15, 0.2) is 0 Å². The lowest BCUT2D eigenvalue weighted by atomic mass is 10.1. The van der Waals surface area contributed by atoms with Crippen molar-refractivity contribution in [2.24, 2.45) is 0 Å². The number of carbonyl (C=O) groups is 1. The van der Waals surface area contributed by atoms with Crippen molar-refractivity contribution in [3.8, 4) is 0 Å². The highest BCUT2D eigenvalue weighted by molar-refractivity contribution is 6.32. The van der Waals surface area contributed by atoms with Crippen molar-refractivity contribution in [1.29, 1.82) is 0 Å². The predicted molar refractivity (Wildman–Crippen MR) is 41.4 cm³/mol. The summed E-state index contributed by atoms with van der Waals surface area (Å²) in [6.07, 6.45) is 0. The molecule has 1 rings (SSSR count). The van der Waals surface area contributed by atoms with Gasteiger partial charge in [0.05, 0.1) is 5.56 Å². The Kier molecular flexibility index (Phi) is 2.93. The number of rotatable bonds is 2. The van der Waals surface area contributed by atoms with Gasteiger partial charge in [-0.1, -0.05) is 11.6 Å². The summed E-state index contributed by atoms with van der Waals surface area (Å²) in [6.45, 7) is 0. The lowest BCUT2D eigenvalue weighted by Gasteiger charge is -2.01. The van der Waals surface area contributed by atoms with Crippen LogP contribution in [0.4, 0.5) is 13.2 Å². The molecule has 1 aromatic rings. The first-order chi connectivity index (χ1) is 6.02. The molecule has 1 aromatic carbocycles. The zero-order chi connectivity index (χ0) is 10.0. The molecule has 0 saturated carbocycles. The molecule has 1 nitrogen and oxygen atoms in total. The molecule has 0 unspecified atom stereocenters. The van der Waals surface area contributed by atoms with Crippen molar-refractivity contribution < 1.29 is 18.0 Å². The number of ketones is 1. The molecule has 0 saturated heterocycles. The fourth-order valence-electron chi connectivity index (χ4n) is 0.807. The zero-order valence-corrected chi connectivity index (χ0v) is 6.99. The number of alkyl halides is 2. The van der Waals surface area contributed by atoms with Crippen molar-refractivity contribution in [1.82, 2.24) is 0 Å². The highest BCUT2D eigenvalue weighted by atomic mass is 35.5. The number of hydrogen-bond donors (Lipinski definition) is 0. The van der Waals surface area contributed by atoms with Crippen LogP contribution in [0.3, 0.4) is 0 Å². The largest absolute Gasteiger partial charge is 0.289 e. The maximum absolute atomic E-state index is 12.8. The quantitative estimate of drug-likeness (QED) is 0.540. The Morgan fingerprint density at radius 2 is 2.00 bits per heavy atom.